The van der Waals surface area contributed by atoms with Gasteiger partial charge in [-0.3, -0.25) is 4.57 Å². The number of rotatable bonds is 2. The maximum Gasteiger partial charge on any atom is 0.164 e. The first kappa shape index (κ1) is 14.8. The van der Waals surface area contributed by atoms with Crippen LogP contribution in [0, 0.1) is 6.92 Å². The third-order valence-electron chi connectivity index (χ3n) is 4.67. The predicted molar refractivity (Wildman–Crippen MR) is 107 cm³/mol. The van der Waals surface area contributed by atoms with Crippen LogP contribution in [0.4, 0.5) is 0 Å². The van der Waals surface area contributed by atoms with E-state index in [4.69, 9.17) is 9.97 Å². The predicted octanol–water partition coefficient (Wildman–Crippen LogP) is 5.55. The molecule has 0 spiro atoms. The number of para-hydroxylation sites is 2. The molecule has 0 radical (unpaired) electrons. The molecule has 3 nitrogen and oxygen atoms in total. The van der Waals surface area contributed by atoms with Crippen LogP contribution in [-0.4, -0.2) is 14.5 Å². The molecule has 0 fully saturated rings. The molecule has 0 saturated carbocycles. The summed E-state index contributed by atoms with van der Waals surface area (Å²) in [6, 6.07) is 29.1. The molecule has 3 heteroatoms. The summed E-state index contributed by atoms with van der Waals surface area (Å²) in [6.45, 7) is 2.10. The van der Waals surface area contributed by atoms with Gasteiger partial charge in [-0.15, -0.1) is 0 Å². The minimum absolute atomic E-state index is 0.881. The SMILES string of the molecule is Cc1ccc(-n2c(-c3ccccc3)cc3nc4ccccc4nc32)cc1. The van der Waals surface area contributed by atoms with Crippen molar-refractivity contribution in [2.24, 2.45) is 0 Å². The van der Waals surface area contributed by atoms with Gasteiger partial charge in [-0.1, -0.05) is 60.2 Å². The second kappa shape index (κ2) is 5.81. The smallest absolute Gasteiger partial charge is 0.164 e. The highest BCUT2D eigenvalue weighted by Crippen LogP contribution is 2.31. The summed E-state index contributed by atoms with van der Waals surface area (Å²) in [5, 5.41) is 0. The summed E-state index contributed by atoms with van der Waals surface area (Å²) >= 11 is 0. The van der Waals surface area contributed by atoms with Crippen LogP contribution in [0.25, 0.3) is 39.1 Å². The Balaban J connectivity index is 1.88. The molecule has 0 atom stereocenters. The fourth-order valence-corrected chi connectivity index (χ4v) is 3.35. The Labute approximate surface area is 151 Å². The number of nitrogens with zero attached hydrogens (tertiary/aromatic N) is 3. The highest BCUT2D eigenvalue weighted by molar-refractivity contribution is 5.90. The van der Waals surface area contributed by atoms with Crippen LogP contribution >= 0.6 is 0 Å². The molecule has 124 valence electrons. The summed E-state index contributed by atoms with van der Waals surface area (Å²) < 4.78 is 2.20. The van der Waals surface area contributed by atoms with Gasteiger partial charge < -0.3 is 0 Å². The Hall–Kier alpha value is -3.46. The van der Waals surface area contributed by atoms with Gasteiger partial charge in [0.05, 0.1) is 16.7 Å². The van der Waals surface area contributed by atoms with Crippen LogP contribution in [0.15, 0.2) is 84.9 Å². The Morgan fingerprint density at radius 2 is 1.31 bits per heavy atom. The minimum atomic E-state index is 0.881. The average Bonchev–Trinajstić information content (AvgIpc) is 3.06. The highest BCUT2D eigenvalue weighted by Gasteiger charge is 2.15. The summed E-state index contributed by atoms with van der Waals surface area (Å²) in [5.41, 5.74) is 8.19. The van der Waals surface area contributed by atoms with E-state index in [1.54, 1.807) is 0 Å². The lowest BCUT2D eigenvalue weighted by Crippen LogP contribution is -1.99. The van der Waals surface area contributed by atoms with E-state index < -0.39 is 0 Å². The van der Waals surface area contributed by atoms with Crippen molar-refractivity contribution < 1.29 is 0 Å². The van der Waals surface area contributed by atoms with E-state index in [1.807, 2.05) is 30.3 Å². The topological polar surface area (TPSA) is 30.7 Å². The summed E-state index contributed by atoms with van der Waals surface area (Å²) in [6.07, 6.45) is 0. The number of fused-ring (bicyclic) bond motifs is 2. The number of aromatic nitrogens is 3. The standard InChI is InChI=1S/C23H17N3/c1-16-11-13-18(14-12-16)26-22(17-7-3-2-4-8-17)15-21-23(26)25-20-10-6-5-9-19(20)24-21/h2-15H,1H3. The molecule has 0 amide bonds. The van der Waals surface area contributed by atoms with Crippen molar-refractivity contribution in [3.63, 3.8) is 0 Å². The fraction of sp³-hybridized carbons (Fsp3) is 0.0435. The van der Waals surface area contributed by atoms with Crippen molar-refractivity contribution in [2.45, 2.75) is 6.92 Å². The molecule has 0 aliphatic carbocycles. The lowest BCUT2D eigenvalue weighted by Gasteiger charge is -2.11. The molecule has 0 saturated heterocycles. The van der Waals surface area contributed by atoms with Crippen LogP contribution < -0.4 is 0 Å². The molecule has 0 unspecified atom stereocenters. The number of aryl methyl sites for hydroxylation is 1. The fourth-order valence-electron chi connectivity index (χ4n) is 3.35. The average molecular weight is 335 g/mol. The zero-order valence-electron chi connectivity index (χ0n) is 14.4. The van der Waals surface area contributed by atoms with Crippen molar-refractivity contribution in [1.29, 1.82) is 0 Å². The Morgan fingerprint density at radius 1 is 0.654 bits per heavy atom. The van der Waals surface area contributed by atoms with Gasteiger partial charge in [0.2, 0.25) is 0 Å². The molecule has 2 aromatic heterocycles. The molecule has 0 bridgehead atoms. The molecule has 2 heterocycles. The molecule has 3 aromatic carbocycles. The van der Waals surface area contributed by atoms with Gasteiger partial charge in [0.25, 0.3) is 0 Å². The van der Waals surface area contributed by atoms with Gasteiger partial charge in [0, 0.05) is 5.69 Å². The van der Waals surface area contributed by atoms with Crippen molar-refractivity contribution in [1.82, 2.24) is 14.5 Å². The second-order valence-electron chi connectivity index (χ2n) is 6.49. The zero-order chi connectivity index (χ0) is 17.5. The third kappa shape index (κ3) is 2.37. The van der Waals surface area contributed by atoms with E-state index in [0.29, 0.717) is 0 Å². The van der Waals surface area contributed by atoms with E-state index in [9.17, 15) is 0 Å². The largest absolute Gasteiger partial charge is 0.293 e. The van der Waals surface area contributed by atoms with Crippen LogP contribution in [0.3, 0.4) is 0 Å². The van der Waals surface area contributed by atoms with Gasteiger partial charge in [-0.05, 0) is 42.8 Å². The summed E-state index contributed by atoms with van der Waals surface area (Å²) in [7, 11) is 0. The van der Waals surface area contributed by atoms with Crippen molar-refractivity contribution in [2.75, 3.05) is 0 Å². The highest BCUT2D eigenvalue weighted by atomic mass is 15.1. The first-order valence-corrected chi connectivity index (χ1v) is 8.70. The Morgan fingerprint density at radius 3 is 2.04 bits per heavy atom. The lowest BCUT2D eigenvalue weighted by atomic mass is 10.1. The summed E-state index contributed by atoms with van der Waals surface area (Å²) in [4.78, 5) is 9.77. The monoisotopic (exact) mass is 335 g/mol. The Bertz CT molecular complexity index is 1220. The van der Waals surface area contributed by atoms with Crippen LogP contribution in [-0.2, 0) is 0 Å². The van der Waals surface area contributed by atoms with Gasteiger partial charge in [-0.2, -0.15) is 0 Å². The van der Waals surface area contributed by atoms with Gasteiger partial charge in [-0.25, -0.2) is 9.97 Å². The molecule has 0 aliphatic heterocycles. The van der Waals surface area contributed by atoms with Crippen molar-refractivity contribution in [3.8, 4) is 16.9 Å². The van der Waals surface area contributed by atoms with Crippen LogP contribution in [0.2, 0.25) is 0 Å². The van der Waals surface area contributed by atoms with Crippen molar-refractivity contribution in [3.05, 3.63) is 90.5 Å². The maximum atomic E-state index is 4.92. The van der Waals surface area contributed by atoms with E-state index in [1.165, 1.54) is 5.56 Å². The normalized spacial score (nSPS) is 11.3. The first-order valence-electron chi connectivity index (χ1n) is 8.70. The molecular weight excluding hydrogens is 318 g/mol. The molecule has 5 rings (SSSR count). The zero-order valence-corrected chi connectivity index (χ0v) is 14.4. The molecule has 0 aliphatic rings. The maximum absolute atomic E-state index is 4.92. The molecular formula is C23H17N3. The van der Waals surface area contributed by atoms with E-state index >= 15 is 0 Å². The van der Waals surface area contributed by atoms with Gasteiger partial charge >= 0.3 is 0 Å². The minimum Gasteiger partial charge on any atom is -0.293 e. The van der Waals surface area contributed by atoms with Crippen LogP contribution in [0.5, 0.6) is 0 Å². The quantitative estimate of drug-likeness (QED) is 0.423. The number of hydrogen-bond donors (Lipinski definition) is 0. The van der Waals surface area contributed by atoms with Crippen molar-refractivity contribution >= 4 is 22.2 Å². The van der Waals surface area contributed by atoms with E-state index in [2.05, 4.69) is 66.1 Å². The van der Waals surface area contributed by atoms with Gasteiger partial charge in [0.1, 0.15) is 5.52 Å². The van der Waals surface area contributed by atoms with E-state index in [-0.39, 0.29) is 0 Å². The van der Waals surface area contributed by atoms with Gasteiger partial charge in [0.15, 0.2) is 5.65 Å². The van der Waals surface area contributed by atoms with Crippen LogP contribution in [0.1, 0.15) is 5.56 Å². The summed E-state index contributed by atoms with van der Waals surface area (Å²) in [5.74, 6) is 0. The lowest BCUT2D eigenvalue weighted by molar-refractivity contribution is 1.10. The molecule has 5 aromatic rings. The number of benzene rings is 3. The molecule has 26 heavy (non-hydrogen) atoms. The third-order valence-corrected chi connectivity index (χ3v) is 4.67. The number of hydrogen-bond acceptors (Lipinski definition) is 2. The van der Waals surface area contributed by atoms with E-state index in [0.717, 1.165) is 39.1 Å². The first-order chi connectivity index (χ1) is 12.8. The Kier molecular flexibility index (Phi) is 3.32. The second-order valence-corrected chi connectivity index (χ2v) is 6.49. The molecule has 0 N–H and O–H groups in total.